The molecule has 14 heavy (non-hydrogen) atoms. The van der Waals surface area contributed by atoms with Crippen LogP contribution in [0.1, 0.15) is 20.8 Å². The van der Waals surface area contributed by atoms with E-state index in [1.54, 1.807) is 0 Å². The van der Waals surface area contributed by atoms with Gasteiger partial charge in [0.05, 0.1) is 0 Å². The fourth-order valence-electron chi connectivity index (χ4n) is 1.19. The molecule has 0 spiro atoms. The molecule has 0 radical (unpaired) electrons. The van der Waals surface area contributed by atoms with Gasteiger partial charge in [0, 0.05) is 19.8 Å². The predicted molar refractivity (Wildman–Crippen MR) is 56.2 cm³/mol. The first kappa shape index (κ1) is 13.8. The molecule has 0 saturated carbocycles. The van der Waals surface area contributed by atoms with Crippen LogP contribution < -0.4 is 0 Å². The average Bonchev–Trinajstić information content (AvgIpc) is 2.14. The van der Waals surface area contributed by atoms with E-state index < -0.39 is 5.91 Å². The number of hydrogen-bond acceptors (Lipinski definition) is 4. The van der Waals surface area contributed by atoms with Crippen molar-refractivity contribution in [3.8, 4) is 0 Å². The van der Waals surface area contributed by atoms with E-state index >= 15 is 0 Å². The standard InChI is InChI=1S/C10H23NO3/c1-6-12-9-10(11(4)5,13-7-2)14-8-3/h6-9H2,1-5H3. The molecule has 0 saturated heterocycles. The van der Waals surface area contributed by atoms with Crippen molar-refractivity contribution in [2.45, 2.75) is 26.7 Å². The lowest BCUT2D eigenvalue weighted by molar-refractivity contribution is -0.322. The van der Waals surface area contributed by atoms with Crippen molar-refractivity contribution in [2.75, 3.05) is 40.5 Å². The number of rotatable bonds is 8. The predicted octanol–water partition coefficient (Wildman–Crippen LogP) is 1.31. The third-order valence-electron chi connectivity index (χ3n) is 1.91. The van der Waals surface area contributed by atoms with E-state index in [1.807, 2.05) is 39.8 Å². The van der Waals surface area contributed by atoms with Crippen LogP contribution in [0.15, 0.2) is 0 Å². The molecular weight excluding hydrogens is 182 g/mol. The zero-order valence-corrected chi connectivity index (χ0v) is 10.0. The Morgan fingerprint density at radius 1 is 0.929 bits per heavy atom. The molecule has 4 heteroatoms. The summed E-state index contributed by atoms with van der Waals surface area (Å²) in [7, 11) is 3.84. The zero-order chi connectivity index (χ0) is 11.0. The summed E-state index contributed by atoms with van der Waals surface area (Å²) in [5.74, 6) is -0.737. The second kappa shape index (κ2) is 7.17. The van der Waals surface area contributed by atoms with Gasteiger partial charge >= 0.3 is 0 Å². The lowest BCUT2D eigenvalue weighted by atomic mass is 10.4. The average molecular weight is 205 g/mol. The maximum Gasteiger partial charge on any atom is 0.254 e. The van der Waals surface area contributed by atoms with Crippen LogP contribution in [0.25, 0.3) is 0 Å². The van der Waals surface area contributed by atoms with Crippen LogP contribution in [-0.2, 0) is 14.2 Å². The summed E-state index contributed by atoms with van der Waals surface area (Å²) in [6.45, 7) is 8.15. The Labute approximate surface area is 87.1 Å². The van der Waals surface area contributed by atoms with Crippen LogP contribution in [0.4, 0.5) is 0 Å². The summed E-state index contributed by atoms with van der Waals surface area (Å²) in [5.41, 5.74) is 0. The van der Waals surface area contributed by atoms with Gasteiger partial charge in [-0.05, 0) is 34.9 Å². The number of nitrogens with zero attached hydrogens (tertiary/aromatic N) is 1. The van der Waals surface area contributed by atoms with E-state index in [2.05, 4.69) is 0 Å². The molecule has 0 atom stereocenters. The highest BCUT2D eigenvalue weighted by Crippen LogP contribution is 2.16. The van der Waals surface area contributed by atoms with Gasteiger partial charge in [-0.25, -0.2) is 0 Å². The van der Waals surface area contributed by atoms with Crippen LogP contribution in [0.3, 0.4) is 0 Å². The molecule has 0 aliphatic heterocycles. The van der Waals surface area contributed by atoms with Crippen LogP contribution >= 0.6 is 0 Å². The molecule has 0 N–H and O–H groups in total. The summed E-state index contributed by atoms with van der Waals surface area (Å²) < 4.78 is 16.6. The molecule has 0 aromatic heterocycles. The summed E-state index contributed by atoms with van der Waals surface area (Å²) in [6.07, 6.45) is 0. The molecule has 0 aliphatic carbocycles. The summed E-state index contributed by atoms with van der Waals surface area (Å²) >= 11 is 0. The minimum atomic E-state index is -0.737. The molecular formula is C10H23NO3. The van der Waals surface area contributed by atoms with E-state index in [0.717, 1.165) is 0 Å². The van der Waals surface area contributed by atoms with E-state index in [4.69, 9.17) is 14.2 Å². The molecule has 0 unspecified atom stereocenters. The second-order valence-electron chi connectivity index (χ2n) is 3.11. The highest BCUT2D eigenvalue weighted by Gasteiger charge is 2.34. The van der Waals surface area contributed by atoms with Gasteiger partial charge in [0.2, 0.25) is 0 Å². The molecule has 0 rings (SSSR count). The maximum absolute atomic E-state index is 5.61. The fourth-order valence-corrected chi connectivity index (χ4v) is 1.19. The Morgan fingerprint density at radius 2 is 1.43 bits per heavy atom. The van der Waals surface area contributed by atoms with Gasteiger partial charge in [-0.15, -0.1) is 0 Å². The molecule has 86 valence electrons. The number of likely N-dealkylation sites (N-methyl/N-ethyl adjacent to an activating group) is 1. The van der Waals surface area contributed by atoms with E-state index in [-0.39, 0.29) is 0 Å². The van der Waals surface area contributed by atoms with Crippen molar-refractivity contribution >= 4 is 0 Å². The Kier molecular flexibility index (Phi) is 7.09. The largest absolute Gasteiger partial charge is 0.375 e. The van der Waals surface area contributed by atoms with Crippen molar-refractivity contribution in [1.29, 1.82) is 0 Å². The van der Waals surface area contributed by atoms with Crippen molar-refractivity contribution in [3.63, 3.8) is 0 Å². The van der Waals surface area contributed by atoms with Crippen LogP contribution in [0.5, 0.6) is 0 Å². The molecule has 0 bridgehead atoms. The summed E-state index contributed by atoms with van der Waals surface area (Å²) in [6, 6.07) is 0. The normalized spacial score (nSPS) is 12.4. The highest BCUT2D eigenvalue weighted by molar-refractivity contribution is 4.65. The fraction of sp³-hybridized carbons (Fsp3) is 1.00. The second-order valence-corrected chi connectivity index (χ2v) is 3.11. The summed E-state index contributed by atoms with van der Waals surface area (Å²) in [5, 5.41) is 0. The first-order valence-electron chi connectivity index (χ1n) is 5.16. The van der Waals surface area contributed by atoms with Crippen LogP contribution in [0, 0.1) is 0 Å². The van der Waals surface area contributed by atoms with Crippen molar-refractivity contribution in [2.24, 2.45) is 0 Å². The Morgan fingerprint density at radius 3 is 1.71 bits per heavy atom. The van der Waals surface area contributed by atoms with Gasteiger partial charge in [-0.1, -0.05) is 0 Å². The third-order valence-corrected chi connectivity index (χ3v) is 1.91. The lowest BCUT2D eigenvalue weighted by Crippen LogP contribution is -2.53. The van der Waals surface area contributed by atoms with Gasteiger partial charge in [0.25, 0.3) is 5.91 Å². The van der Waals surface area contributed by atoms with E-state index in [0.29, 0.717) is 26.4 Å². The number of ether oxygens (including phenoxy) is 3. The smallest absolute Gasteiger partial charge is 0.254 e. The van der Waals surface area contributed by atoms with Gasteiger partial charge in [-0.2, -0.15) is 0 Å². The van der Waals surface area contributed by atoms with Crippen LogP contribution in [-0.4, -0.2) is 51.3 Å². The molecule has 4 nitrogen and oxygen atoms in total. The molecule has 0 aromatic rings. The minimum Gasteiger partial charge on any atom is -0.375 e. The number of hydrogen-bond donors (Lipinski definition) is 0. The first-order chi connectivity index (χ1) is 6.63. The topological polar surface area (TPSA) is 30.9 Å². The molecule has 0 heterocycles. The van der Waals surface area contributed by atoms with Crippen molar-refractivity contribution in [3.05, 3.63) is 0 Å². The van der Waals surface area contributed by atoms with E-state index in [1.165, 1.54) is 0 Å². The molecule has 0 fully saturated rings. The quantitative estimate of drug-likeness (QED) is 0.559. The van der Waals surface area contributed by atoms with Crippen molar-refractivity contribution in [1.82, 2.24) is 4.90 Å². The van der Waals surface area contributed by atoms with Crippen molar-refractivity contribution < 1.29 is 14.2 Å². The van der Waals surface area contributed by atoms with E-state index in [9.17, 15) is 0 Å². The minimum absolute atomic E-state index is 0.429. The summed E-state index contributed by atoms with van der Waals surface area (Å²) in [4.78, 5) is 1.90. The highest BCUT2D eigenvalue weighted by atomic mass is 16.7. The molecule has 0 aliphatic rings. The third kappa shape index (κ3) is 3.92. The van der Waals surface area contributed by atoms with Crippen LogP contribution in [0.2, 0.25) is 0 Å². The molecule has 0 aromatic carbocycles. The maximum atomic E-state index is 5.61. The Hall–Kier alpha value is -0.160. The first-order valence-corrected chi connectivity index (χ1v) is 5.16. The van der Waals surface area contributed by atoms with Gasteiger partial charge in [-0.3, -0.25) is 4.90 Å². The SMILES string of the molecule is CCOCC(OCC)(OCC)N(C)C. The monoisotopic (exact) mass is 205 g/mol. The van der Waals surface area contributed by atoms with Gasteiger partial charge in [0.1, 0.15) is 6.61 Å². The molecule has 0 amide bonds. The Balaban J connectivity index is 4.38. The lowest BCUT2D eigenvalue weighted by Gasteiger charge is -2.38. The zero-order valence-electron chi connectivity index (χ0n) is 10.0. The van der Waals surface area contributed by atoms with Gasteiger partial charge < -0.3 is 14.2 Å². The Bertz CT molecular complexity index is 133. The van der Waals surface area contributed by atoms with Gasteiger partial charge in [0.15, 0.2) is 0 Å².